The van der Waals surface area contributed by atoms with Gasteiger partial charge < -0.3 is 0 Å². The molecule has 0 aliphatic carbocycles. The van der Waals surface area contributed by atoms with Crippen molar-refractivity contribution in [3.63, 3.8) is 0 Å². The first-order valence-corrected chi connectivity index (χ1v) is 11.8. The number of nitrogens with one attached hydrogen (secondary N) is 1. The number of rotatable bonds is 7. The molecule has 1 heterocycles. The molecule has 1 N–H and O–H groups in total. The number of benzene rings is 3. The Morgan fingerprint density at radius 2 is 1.82 bits per heavy atom. The number of hydrogen-bond donors (Lipinski definition) is 1. The zero-order valence-electron chi connectivity index (χ0n) is 17.9. The van der Waals surface area contributed by atoms with E-state index in [2.05, 4.69) is 20.7 Å². The first-order chi connectivity index (χ1) is 16.4. The number of hydrazone groups is 1. The van der Waals surface area contributed by atoms with E-state index in [-0.39, 0.29) is 22.2 Å². The predicted molar refractivity (Wildman–Crippen MR) is 134 cm³/mol. The number of amides is 1. The number of thioether (sulfide) groups is 1. The van der Waals surface area contributed by atoms with Crippen molar-refractivity contribution in [2.45, 2.75) is 12.1 Å². The zero-order valence-corrected chi connectivity index (χ0v) is 20.2. The second-order valence-electron chi connectivity index (χ2n) is 7.20. The molecule has 34 heavy (non-hydrogen) atoms. The average Bonchev–Trinajstić information content (AvgIpc) is 3.24. The van der Waals surface area contributed by atoms with E-state index in [0.717, 1.165) is 16.8 Å². The predicted octanol–water partition coefficient (Wildman–Crippen LogP) is 5.93. The van der Waals surface area contributed by atoms with Gasteiger partial charge in [0.2, 0.25) is 0 Å². The van der Waals surface area contributed by atoms with Crippen molar-refractivity contribution in [2.24, 2.45) is 5.10 Å². The molecule has 1 amide bonds. The lowest BCUT2D eigenvalue weighted by molar-refractivity contribution is -0.118. The first-order valence-electron chi connectivity index (χ1n) is 10.1. The summed E-state index contributed by atoms with van der Waals surface area (Å²) in [6.45, 7) is 2.01. The number of nitrogens with zero attached hydrogens (tertiary/aromatic N) is 4. The van der Waals surface area contributed by atoms with Crippen LogP contribution < -0.4 is 5.43 Å². The van der Waals surface area contributed by atoms with E-state index in [9.17, 15) is 9.18 Å². The molecule has 0 aliphatic rings. The third kappa shape index (κ3) is 5.64. The highest BCUT2D eigenvalue weighted by molar-refractivity contribution is 7.99. The summed E-state index contributed by atoms with van der Waals surface area (Å²) < 4.78 is 15.7. The molecule has 172 valence electrons. The van der Waals surface area contributed by atoms with Crippen LogP contribution >= 0.6 is 35.0 Å². The molecule has 0 saturated heterocycles. The van der Waals surface area contributed by atoms with Gasteiger partial charge in [0.25, 0.3) is 5.91 Å². The summed E-state index contributed by atoms with van der Waals surface area (Å²) in [7, 11) is 0. The van der Waals surface area contributed by atoms with E-state index in [1.165, 1.54) is 30.1 Å². The summed E-state index contributed by atoms with van der Waals surface area (Å²) >= 11 is 13.2. The van der Waals surface area contributed by atoms with Gasteiger partial charge in [0.05, 0.1) is 17.0 Å². The van der Waals surface area contributed by atoms with Crippen molar-refractivity contribution >= 4 is 47.1 Å². The van der Waals surface area contributed by atoms with Crippen molar-refractivity contribution in [1.29, 1.82) is 0 Å². The molecule has 0 fully saturated rings. The van der Waals surface area contributed by atoms with Crippen LogP contribution in [-0.4, -0.2) is 32.6 Å². The quantitative estimate of drug-likeness (QED) is 0.189. The van der Waals surface area contributed by atoms with Crippen LogP contribution in [0.2, 0.25) is 10.0 Å². The molecule has 0 atom stereocenters. The lowest BCUT2D eigenvalue weighted by Crippen LogP contribution is -2.20. The number of aromatic nitrogens is 3. The molecule has 10 heteroatoms. The van der Waals surface area contributed by atoms with Crippen LogP contribution in [0.1, 0.15) is 11.1 Å². The molecule has 6 nitrogen and oxygen atoms in total. The Balaban J connectivity index is 1.52. The summed E-state index contributed by atoms with van der Waals surface area (Å²) in [4.78, 5) is 12.3. The van der Waals surface area contributed by atoms with Gasteiger partial charge in [-0.05, 0) is 55.5 Å². The smallest absolute Gasteiger partial charge is 0.250 e. The minimum atomic E-state index is -0.527. The molecule has 0 radical (unpaired) electrons. The Labute approximate surface area is 209 Å². The van der Waals surface area contributed by atoms with Gasteiger partial charge >= 0.3 is 0 Å². The monoisotopic (exact) mass is 513 g/mol. The summed E-state index contributed by atoms with van der Waals surface area (Å²) in [6, 6.07) is 19.5. The molecule has 0 unspecified atom stereocenters. The van der Waals surface area contributed by atoms with Crippen LogP contribution in [0.15, 0.2) is 77.0 Å². The van der Waals surface area contributed by atoms with Crippen LogP contribution in [0.3, 0.4) is 0 Å². The molecule has 0 spiro atoms. The van der Waals surface area contributed by atoms with E-state index >= 15 is 0 Å². The van der Waals surface area contributed by atoms with Crippen LogP contribution in [0.4, 0.5) is 4.39 Å². The second-order valence-corrected chi connectivity index (χ2v) is 8.99. The highest BCUT2D eigenvalue weighted by atomic mass is 35.5. The fourth-order valence-corrected chi connectivity index (χ4v) is 4.12. The fourth-order valence-electron chi connectivity index (χ4n) is 3.04. The number of hydrogen-bond acceptors (Lipinski definition) is 5. The normalized spacial score (nSPS) is 11.2. The van der Waals surface area contributed by atoms with Crippen LogP contribution in [0.25, 0.3) is 17.1 Å². The molecule has 1 aromatic heterocycles. The lowest BCUT2D eigenvalue weighted by atomic mass is 10.2. The van der Waals surface area contributed by atoms with Crippen molar-refractivity contribution in [1.82, 2.24) is 20.2 Å². The van der Waals surface area contributed by atoms with E-state index in [1.807, 2.05) is 47.9 Å². The Morgan fingerprint density at radius 3 is 2.53 bits per heavy atom. The molecular formula is C24H18Cl2FN5OS. The van der Waals surface area contributed by atoms with Crippen molar-refractivity contribution < 1.29 is 9.18 Å². The van der Waals surface area contributed by atoms with Gasteiger partial charge in [0.15, 0.2) is 11.0 Å². The van der Waals surface area contributed by atoms with Gasteiger partial charge in [-0.2, -0.15) is 5.10 Å². The van der Waals surface area contributed by atoms with Crippen LogP contribution in [-0.2, 0) is 4.79 Å². The highest BCUT2D eigenvalue weighted by Crippen LogP contribution is 2.29. The third-order valence-electron chi connectivity index (χ3n) is 4.74. The molecule has 0 saturated carbocycles. The number of carbonyl (C=O) groups excluding carboxylic acids is 1. The Hall–Kier alpha value is -3.20. The molecule has 0 aliphatic heterocycles. The Morgan fingerprint density at radius 1 is 1.09 bits per heavy atom. The van der Waals surface area contributed by atoms with E-state index in [1.54, 1.807) is 18.2 Å². The molecule has 4 rings (SSSR count). The fraction of sp³-hybridized carbons (Fsp3) is 0.0833. The maximum Gasteiger partial charge on any atom is 0.250 e. The number of halogens is 3. The first kappa shape index (κ1) is 23.9. The maximum absolute atomic E-state index is 13.8. The second kappa shape index (κ2) is 10.8. The molecule has 0 bridgehead atoms. The van der Waals surface area contributed by atoms with Gasteiger partial charge in [-0.15, -0.1) is 10.2 Å². The van der Waals surface area contributed by atoms with Crippen molar-refractivity contribution in [3.8, 4) is 17.1 Å². The minimum absolute atomic E-state index is 0.0208. The topological polar surface area (TPSA) is 72.2 Å². The minimum Gasteiger partial charge on any atom is -0.272 e. The highest BCUT2D eigenvalue weighted by Gasteiger charge is 2.17. The summed E-state index contributed by atoms with van der Waals surface area (Å²) in [5.41, 5.74) is 5.29. The Bertz CT molecular complexity index is 1320. The van der Waals surface area contributed by atoms with Gasteiger partial charge in [0.1, 0.15) is 5.82 Å². The van der Waals surface area contributed by atoms with Crippen molar-refractivity contribution in [2.75, 3.05) is 5.75 Å². The third-order valence-corrected chi connectivity index (χ3v) is 6.25. The average molecular weight is 514 g/mol. The lowest BCUT2D eigenvalue weighted by Gasteiger charge is -2.10. The number of aryl methyl sites for hydroxylation is 1. The molecule has 4 aromatic rings. The van der Waals surface area contributed by atoms with Crippen LogP contribution in [0.5, 0.6) is 0 Å². The van der Waals surface area contributed by atoms with Gasteiger partial charge in [-0.3, -0.25) is 9.36 Å². The van der Waals surface area contributed by atoms with Gasteiger partial charge in [-0.1, -0.05) is 58.7 Å². The van der Waals surface area contributed by atoms with Crippen molar-refractivity contribution in [3.05, 3.63) is 93.7 Å². The largest absolute Gasteiger partial charge is 0.272 e. The van der Waals surface area contributed by atoms with E-state index in [4.69, 9.17) is 23.2 Å². The standard InChI is InChI=1S/C24H18Cl2FN5OS/c1-15-5-11-18(12-6-15)32-23(16-7-9-17(25)10-8-16)30-31-24(32)34-14-22(33)29-28-13-19-20(26)3-2-4-21(19)27/h2-13H,14H2,1H3,(H,29,33). The van der Waals surface area contributed by atoms with Gasteiger partial charge in [-0.25, -0.2) is 9.82 Å². The van der Waals surface area contributed by atoms with Crippen LogP contribution in [0, 0.1) is 12.7 Å². The summed E-state index contributed by atoms with van der Waals surface area (Å²) in [5.74, 6) is -0.274. The summed E-state index contributed by atoms with van der Waals surface area (Å²) in [6.07, 6.45) is 1.17. The number of carbonyl (C=O) groups is 1. The van der Waals surface area contributed by atoms with Gasteiger partial charge in [0, 0.05) is 21.8 Å². The van der Waals surface area contributed by atoms with E-state index < -0.39 is 5.82 Å². The maximum atomic E-state index is 13.8. The molecule has 3 aromatic carbocycles. The zero-order chi connectivity index (χ0) is 24.1. The summed E-state index contributed by atoms with van der Waals surface area (Å²) in [5, 5.41) is 13.8. The molecular weight excluding hydrogens is 496 g/mol. The Kier molecular flexibility index (Phi) is 7.62. The van der Waals surface area contributed by atoms with E-state index in [0.29, 0.717) is 16.0 Å². The SMILES string of the molecule is Cc1ccc(-n2c(SCC(=O)NN=Cc3c(F)cccc3Cl)nnc2-c2ccc(Cl)cc2)cc1.